The van der Waals surface area contributed by atoms with E-state index in [-0.39, 0.29) is 23.6 Å². The summed E-state index contributed by atoms with van der Waals surface area (Å²) < 4.78 is 95.5. The maximum absolute atomic E-state index is 13.5. The van der Waals surface area contributed by atoms with Gasteiger partial charge in [0.15, 0.2) is 16.7 Å². The Hall–Kier alpha value is -3.88. The second kappa shape index (κ2) is 12.6. The highest BCUT2D eigenvalue weighted by Gasteiger charge is 2.38. The minimum absolute atomic E-state index is 0.0469. The lowest BCUT2D eigenvalue weighted by Crippen LogP contribution is -2.40. The van der Waals surface area contributed by atoms with Crippen LogP contribution in [0.1, 0.15) is 49.4 Å². The lowest BCUT2D eigenvalue weighted by Gasteiger charge is -2.22. The zero-order valence-corrected chi connectivity index (χ0v) is 24.9. The topological polar surface area (TPSA) is 89.5 Å². The number of amides is 2. The van der Waals surface area contributed by atoms with Gasteiger partial charge >= 0.3 is 18.4 Å². The summed E-state index contributed by atoms with van der Waals surface area (Å²) in [4.78, 5) is 31.1. The molecule has 8 nitrogen and oxygen atoms in total. The summed E-state index contributed by atoms with van der Waals surface area (Å²) in [7, 11) is 1.31. The van der Waals surface area contributed by atoms with Crippen molar-refractivity contribution >= 4 is 35.0 Å². The fourth-order valence-electron chi connectivity index (χ4n) is 4.40. The molecule has 1 saturated heterocycles. The number of halogens is 6. The number of alkyl carbamates (subject to hydrolysis) is 1. The SMILES string of the molecule is COc1cc(C=C2SC(N3CCC(NC(=O)OC(C)(C)C)C3)=NC2=O)ccc1OCc1ccc(C(F)(F)F)cc1C(F)(F)F. The van der Waals surface area contributed by atoms with Gasteiger partial charge in [-0.15, -0.1) is 0 Å². The summed E-state index contributed by atoms with van der Waals surface area (Å²) in [6, 6.07) is 5.63. The van der Waals surface area contributed by atoms with Crippen LogP contribution in [0.3, 0.4) is 0 Å². The fourth-order valence-corrected chi connectivity index (χ4v) is 5.35. The first kappa shape index (κ1) is 33.0. The third-order valence-corrected chi connectivity index (χ3v) is 7.44. The number of hydrogen-bond acceptors (Lipinski definition) is 7. The van der Waals surface area contributed by atoms with Gasteiger partial charge in [-0.1, -0.05) is 12.1 Å². The quantitative estimate of drug-likeness (QED) is 0.271. The van der Waals surface area contributed by atoms with E-state index in [9.17, 15) is 35.9 Å². The fraction of sp³-hybridized carbons (Fsp3) is 0.414. The van der Waals surface area contributed by atoms with Crippen LogP contribution in [0.5, 0.6) is 11.5 Å². The first-order valence-electron chi connectivity index (χ1n) is 13.3. The standard InChI is InChI=1S/C29H29F6N3O5S/c1-27(2,3)43-26(40)36-19-9-10-38(14-19)25-37-24(39)23(44-25)12-16-5-8-21(22(11-16)41-4)42-15-17-6-7-18(28(30,31)32)13-20(17)29(33,34)35/h5-8,11-13,19H,9-10,14-15H2,1-4H3,(H,36,40). The molecule has 1 unspecified atom stereocenters. The van der Waals surface area contributed by atoms with Gasteiger partial charge in [-0.2, -0.15) is 31.3 Å². The average Bonchev–Trinajstić information content (AvgIpc) is 3.51. The summed E-state index contributed by atoms with van der Waals surface area (Å²) in [5.74, 6) is -0.285. The molecule has 1 N–H and O–H groups in total. The van der Waals surface area contributed by atoms with Gasteiger partial charge < -0.3 is 24.4 Å². The highest BCUT2D eigenvalue weighted by Crippen LogP contribution is 2.39. The molecule has 0 spiro atoms. The van der Waals surface area contributed by atoms with Gasteiger partial charge in [0.05, 0.1) is 29.2 Å². The van der Waals surface area contributed by atoms with Crippen molar-refractivity contribution in [3.05, 3.63) is 63.6 Å². The zero-order valence-electron chi connectivity index (χ0n) is 24.1. The van der Waals surface area contributed by atoms with Gasteiger partial charge in [-0.3, -0.25) is 4.79 Å². The summed E-state index contributed by atoms with van der Waals surface area (Å²) in [5.41, 5.74) is -3.47. The minimum atomic E-state index is -5.03. The number of carbonyl (C=O) groups is 2. The van der Waals surface area contributed by atoms with E-state index in [1.54, 1.807) is 32.9 Å². The molecule has 15 heteroatoms. The lowest BCUT2D eigenvalue weighted by atomic mass is 10.0. The molecule has 1 atom stereocenters. The Balaban J connectivity index is 1.41. The highest BCUT2D eigenvalue weighted by atomic mass is 32.2. The van der Waals surface area contributed by atoms with E-state index < -0.39 is 53.3 Å². The van der Waals surface area contributed by atoms with Crippen LogP contribution in [0, 0.1) is 0 Å². The summed E-state index contributed by atoms with van der Waals surface area (Å²) in [6.07, 6.45) is -8.28. The van der Waals surface area contributed by atoms with Crippen LogP contribution in [0.2, 0.25) is 0 Å². The number of alkyl halides is 6. The molecule has 0 saturated carbocycles. The van der Waals surface area contributed by atoms with Crippen LogP contribution in [-0.4, -0.2) is 53.9 Å². The predicted octanol–water partition coefficient (Wildman–Crippen LogP) is 6.88. The number of hydrogen-bond donors (Lipinski definition) is 1. The lowest BCUT2D eigenvalue weighted by molar-refractivity contribution is -0.143. The van der Waals surface area contributed by atoms with Crippen molar-refractivity contribution in [2.45, 2.75) is 57.8 Å². The van der Waals surface area contributed by atoms with Crippen molar-refractivity contribution in [3.8, 4) is 11.5 Å². The summed E-state index contributed by atoms with van der Waals surface area (Å²) in [5, 5.41) is 3.30. The van der Waals surface area contributed by atoms with Crippen molar-refractivity contribution in [2.75, 3.05) is 20.2 Å². The second-order valence-electron chi connectivity index (χ2n) is 11.0. The zero-order chi connectivity index (χ0) is 32.4. The minimum Gasteiger partial charge on any atom is -0.493 e. The van der Waals surface area contributed by atoms with Crippen molar-refractivity contribution < 1.29 is 50.1 Å². The normalized spacial score (nSPS) is 18.5. The van der Waals surface area contributed by atoms with Gasteiger partial charge in [0, 0.05) is 18.7 Å². The van der Waals surface area contributed by atoms with Crippen molar-refractivity contribution in [1.29, 1.82) is 0 Å². The molecular weight excluding hydrogens is 616 g/mol. The molecule has 2 aliphatic heterocycles. The van der Waals surface area contributed by atoms with Crippen LogP contribution in [0.25, 0.3) is 6.08 Å². The number of methoxy groups -OCH3 is 1. The number of likely N-dealkylation sites (tertiary alicyclic amines) is 1. The van der Waals surface area contributed by atoms with E-state index in [0.717, 1.165) is 17.8 Å². The molecular formula is C29H29F6N3O5S. The molecule has 0 bridgehead atoms. The molecule has 0 aromatic heterocycles. The molecule has 2 heterocycles. The Kier molecular flexibility index (Phi) is 9.47. The maximum atomic E-state index is 13.5. The number of ether oxygens (including phenoxy) is 3. The van der Waals surface area contributed by atoms with Crippen molar-refractivity contribution in [1.82, 2.24) is 10.2 Å². The van der Waals surface area contributed by atoms with Crippen molar-refractivity contribution in [2.24, 2.45) is 4.99 Å². The number of aliphatic imine (C=N–C) groups is 1. The smallest absolute Gasteiger partial charge is 0.416 e. The van der Waals surface area contributed by atoms with Crippen LogP contribution < -0.4 is 14.8 Å². The van der Waals surface area contributed by atoms with Crippen LogP contribution in [-0.2, 0) is 28.5 Å². The molecule has 44 heavy (non-hydrogen) atoms. The molecule has 2 aromatic carbocycles. The predicted molar refractivity (Wildman–Crippen MR) is 151 cm³/mol. The summed E-state index contributed by atoms with van der Waals surface area (Å²) in [6.45, 7) is 5.65. The Morgan fingerprint density at radius 1 is 1.07 bits per heavy atom. The van der Waals surface area contributed by atoms with E-state index in [1.807, 2.05) is 4.90 Å². The second-order valence-corrected chi connectivity index (χ2v) is 12.0. The molecule has 2 aromatic rings. The van der Waals surface area contributed by atoms with Gasteiger partial charge in [-0.25, -0.2) is 4.79 Å². The highest BCUT2D eigenvalue weighted by molar-refractivity contribution is 8.18. The van der Waals surface area contributed by atoms with Gasteiger partial charge in [0.25, 0.3) is 5.91 Å². The van der Waals surface area contributed by atoms with Gasteiger partial charge in [0.1, 0.15) is 12.2 Å². The van der Waals surface area contributed by atoms with Gasteiger partial charge in [0.2, 0.25) is 0 Å². The van der Waals surface area contributed by atoms with Crippen molar-refractivity contribution in [3.63, 3.8) is 0 Å². The molecule has 238 valence electrons. The molecule has 0 radical (unpaired) electrons. The summed E-state index contributed by atoms with van der Waals surface area (Å²) >= 11 is 1.16. The third kappa shape index (κ3) is 8.39. The number of amidine groups is 1. The van der Waals surface area contributed by atoms with Crippen LogP contribution in [0.4, 0.5) is 31.1 Å². The average molecular weight is 646 g/mol. The number of carbonyl (C=O) groups excluding carboxylic acids is 2. The maximum Gasteiger partial charge on any atom is 0.416 e. The first-order chi connectivity index (χ1) is 20.4. The van der Waals surface area contributed by atoms with Gasteiger partial charge in [-0.05, 0) is 74.9 Å². The Morgan fingerprint density at radius 3 is 2.43 bits per heavy atom. The van der Waals surface area contributed by atoms with E-state index in [0.29, 0.717) is 41.2 Å². The Morgan fingerprint density at radius 2 is 1.80 bits per heavy atom. The van der Waals surface area contributed by atoms with E-state index in [4.69, 9.17) is 14.2 Å². The Labute approximate surface area is 253 Å². The van der Waals surface area contributed by atoms with E-state index in [2.05, 4.69) is 10.3 Å². The van der Waals surface area contributed by atoms with E-state index in [1.165, 1.54) is 19.2 Å². The number of benzene rings is 2. The van der Waals surface area contributed by atoms with Crippen LogP contribution >= 0.6 is 11.8 Å². The third-order valence-electron chi connectivity index (χ3n) is 6.40. The molecule has 4 rings (SSSR count). The number of rotatable bonds is 6. The number of thioether (sulfide) groups is 1. The molecule has 2 aliphatic rings. The molecule has 0 aliphatic carbocycles. The van der Waals surface area contributed by atoms with Crippen LogP contribution in [0.15, 0.2) is 46.3 Å². The Bertz CT molecular complexity index is 1480. The number of nitrogens with one attached hydrogen (secondary N) is 1. The molecule has 1 fully saturated rings. The number of nitrogens with zero attached hydrogens (tertiary/aromatic N) is 2. The first-order valence-corrected chi connectivity index (χ1v) is 14.1. The molecule has 2 amide bonds. The largest absolute Gasteiger partial charge is 0.493 e. The van der Waals surface area contributed by atoms with E-state index >= 15 is 0 Å². The monoisotopic (exact) mass is 645 g/mol.